The number of carbonyl (C=O) groups excluding carboxylic acids is 1. The first-order valence-electron chi connectivity index (χ1n) is 8.14. The largest absolute Gasteiger partial charge is 0.377 e. The normalized spacial score (nSPS) is 10.6. The fourth-order valence-corrected chi connectivity index (χ4v) is 2.43. The molecule has 6 heteroatoms. The second kappa shape index (κ2) is 8.21. The van der Waals surface area contributed by atoms with Crippen LogP contribution < -0.4 is 5.32 Å². The molecule has 3 rings (SSSR count). The summed E-state index contributed by atoms with van der Waals surface area (Å²) in [5.41, 5.74) is 2.69. The maximum Gasteiger partial charge on any atom is 0.251 e. The van der Waals surface area contributed by atoms with E-state index in [4.69, 9.17) is 4.74 Å². The van der Waals surface area contributed by atoms with E-state index in [0.29, 0.717) is 31.1 Å². The fraction of sp³-hybridized carbons (Fsp3) is 0.211. The Labute approximate surface area is 146 Å². The summed E-state index contributed by atoms with van der Waals surface area (Å²) in [6.45, 7) is 3.69. The van der Waals surface area contributed by atoms with Crippen molar-refractivity contribution in [3.63, 3.8) is 0 Å². The van der Waals surface area contributed by atoms with Gasteiger partial charge in [0.1, 0.15) is 12.1 Å². The Morgan fingerprint density at radius 3 is 2.88 bits per heavy atom. The predicted octanol–water partition coefficient (Wildman–Crippen LogP) is 2.73. The zero-order chi connectivity index (χ0) is 17.5. The standard InChI is InChI=1S/C19H20N4O2/c1-2-25-13-16-5-3-4-15(10-16)12-22-19(24)17-6-7-21-18(11-17)23-9-8-20-14-23/h3-11,14H,2,12-13H2,1H3,(H,22,24). The maximum atomic E-state index is 12.4. The number of carbonyl (C=O) groups is 1. The molecule has 0 fully saturated rings. The Balaban J connectivity index is 1.64. The SMILES string of the molecule is CCOCc1cccc(CNC(=O)c2ccnc(-n3ccnc3)c2)c1. The molecule has 0 aliphatic rings. The number of hydrogen-bond acceptors (Lipinski definition) is 4. The van der Waals surface area contributed by atoms with E-state index < -0.39 is 0 Å². The molecule has 3 aromatic rings. The number of pyridine rings is 1. The summed E-state index contributed by atoms with van der Waals surface area (Å²) in [7, 11) is 0. The highest BCUT2D eigenvalue weighted by atomic mass is 16.5. The maximum absolute atomic E-state index is 12.4. The van der Waals surface area contributed by atoms with Crippen LogP contribution in [0.25, 0.3) is 5.82 Å². The molecule has 1 N–H and O–H groups in total. The van der Waals surface area contributed by atoms with E-state index in [2.05, 4.69) is 15.3 Å². The van der Waals surface area contributed by atoms with Gasteiger partial charge >= 0.3 is 0 Å². The van der Waals surface area contributed by atoms with E-state index in [1.807, 2.05) is 31.2 Å². The molecule has 0 aliphatic heterocycles. The third-order valence-electron chi connectivity index (χ3n) is 3.69. The van der Waals surface area contributed by atoms with Crippen LogP contribution in [0.1, 0.15) is 28.4 Å². The predicted molar refractivity (Wildman–Crippen MR) is 94.3 cm³/mol. The van der Waals surface area contributed by atoms with Gasteiger partial charge in [-0.2, -0.15) is 0 Å². The first kappa shape index (κ1) is 16.9. The van der Waals surface area contributed by atoms with Crippen molar-refractivity contribution in [2.75, 3.05) is 6.61 Å². The lowest BCUT2D eigenvalue weighted by atomic mass is 10.1. The summed E-state index contributed by atoms with van der Waals surface area (Å²) in [6.07, 6.45) is 6.72. The quantitative estimate of drug-likeness (QED) is 0.720. The molecule has 2 heterocycles. The van der Waals surface area contributed by atoms with Crippen LogP contribution in [0.4, 0.5) is 0 Å². The fourth-order valence-electron chi connectivity index (χ4n) is 2.43. The van der Waals surface area contributed by atoms with E-state index >= 15 is 0 Å². The number of ether oxygens (including phenoxy) is 1. The molecule has 0 unspecified atom stereocenters. The molecule has 2 aromatic heterocycles. The third-order valence-corrected chi connectivity index (χ3v) is 3.69. The van der Waals surface area contributed by atoms with Gasteiger partial charge in [0.2, 0.25) is 0 Å². The van der Waals surface area contributed by atoms with Gasteiger partial charge in [-0.15, -0.1) is 0 Å². The van der Waals surface area contributed by atoms with Crippen LogP contribution in [-0.2, 0) is 17.9 Å². The van der Waals surface area contributed by atoms with E-state index in [-0.39, 0.29) is 5.91 Å². The van der Waals surface area contributed by atoms with Crippen molar-refractivity contribution in [2.45, 2.75) is 20.1 Å². The smallest absolute Gasteiger partial charge is 0.251 e. The summed E-state index contributed by atoms with van der Waals surface area (Å²) in [4.78, 5) is 20.7. The number of nitrogens with zero attached hydrogens (tertiary/aromatic N) is 3. The number of imidazole rings is 1. The molecule has 0 aliphatic carbocycles. The molecule has 0 bridgehead atoms. The Kier molecular flexibility index (Phi) is 5.53. The number of aromatic nitrogens is 3. The molecule has 0 saturated heterocycles. The minimum Gasteiger partial charge on any atom is -0.377 e. The van der Waals surface area contributed by atoms with E-state index in [0.717, 1.165) is 11.1 Å². The lowest BCUT2D eigenvalue weighted by molar-refractivity contribution is 0.0950. The molecule has 0 saturated carbocycles. The Morgan fingerprint density at radius 2 is 2.08 bits per heavy atom. The van der Waals surface area contributed by atoms with Gasteiger partial charge in [0.25, 0.3) is 5.91 Å². The first-order chi connectivity index (χ1) is 12.3. The highest BCUT2D eigenvalue weighted by Gasteiger charge is 2.08. The van der Waals surface area contributed by atoms with Crippen molar-refractivity contribution in [2.24, 2.45) is 0 Å². The zero-order valence-corrected chi connectivity index (χ0v) is 14.1. The summed E-state index contributed by atoms with van der Waals surface area (Å²) < 4.78 is 7.17. The third kappa shape index (κ3) is 4.51. The van der Waals surface area contributed by atoms with Crippen molar-refractivity contribution in [3.8, 4) is 5.82 Å². The minimum absolute atomic E-state index is 0.140. The van der Waals surface area contributed by atoms with E-state index in [9.17, 15) is 4.79 Å². The highest BCUT2D eigenvalue weighted by molar-refractivity contribution is 5.94. The van der Waals surface area contributed by atoms with Crippen LogP contribution in [0, 0.1) is 0 Å². The van der Waals surface area contributed by atoms with Gasteiger partial charge in [-0.05, 0) is 30.2 Å². The lowest BCUT2D eigenvalue weighted by Gasteiger charge is -2.08. The molecule has 0 radical (unpaired) electrons. The molecular weight excluding hydrogens is 316 g/mol. The summed E-state index contributed by atoms with van der Waals surface area (Å²) in [5, 5.41) is 2.94. The molecule has 1 amide bonds. The second-order valence-corrected chi connectivity index (χ2v) is 5.51. The van der Waals surface area contributed by atoms with Crippen LogP contribution >= 0.6 is 0 Å². The molecular formula is C19H20N4O2. The molecule has 6 nitrogen and oxygen atoms in total. The first-order valence-corrected chi connectivity index (χ1v) is 8.14. The van der Waals surface area contributed by atoms with Crippen LogP contribution in [-0.4, -0.2) is 27.0 Å². The lowest BCUT2D eigenvalue weighted by Crippen LogP contribution is -2.23. The Bertz CT molecular complexity index is 831. The van der Waals surface area contributed by atoms with Crippen LogP contribution in [0.5, 0.6) is 0 Å². The highest BCUT2D eigenvalue weighted by Crippen LogP contribution is 2.09. The van der Waals surface area contributed by atoms with Crippen molar-refractivity contribution >= 4 is 5.91 Å². The number of amides is 1. The monoisotopic (exact) mass is 336 g/mol. The van der Waals surface area contributed by atoms with Gasteiger partial charge < -0.3 is 10.1 Å². The second-order valence-electron chi connectivity index (χ2n) is 5.51. The Morgan fingerprint density at radius 1 is 1.20 bits per heavy atom. The number of nitrogens with one attached hydrogen (secondary N) is 1. The molecule has 1 aromatic carbocycles. The summed E-state index contributed by atoms with van der Waals surface area (Å²) in [6, 6.07) is 11.4. The average Bonchev–Trinajstić information content (AvgIpc) is 3.20. The van der Waals surface area contributed by atoms with Crippen molar-refractivity contribution < 1.29 is 9.53 Å². The van der Waals surface area contributed by atoms with Gasteiger partial charge in [0.15, 0.2) is 0 Å². The van der Waals surface area contributed by atoms with Gasteiger partial charge in [-0.1, -0.05) is 24.3 Å². The Hall–Kier alpha value is -2.99. The van der Waals surface area contributed by atoms with E-state index in [1.165, 1.54) is 0 Å². The van der Waals surface area contributed by atoms with Crippen LogP contribution in [0.3, 0.4) is 0 Å². The summed E-state index contributed by atoms with van der Waals surface area (Å²) >= 11 is 0. The molecule has 0 spiro atoms. The average molecular weight is 336 g/mol. The minimum atomic E-state index is -0.140. The van der Waals surface area contributed by atoms with Crippen molar-refractivity contribution in [3.05, 3.63) is 78.0 Å². The van der Waals surface area contributed by atoms with Crippen LogP contribution in [0.15, 0.2) is 61.3 Å². The van der Waals surface area contributed by atoms with Crippen molar-refractivity contribution in [1.82, 2.24) is 19.9 Å². The number of benzene rings is 1. The summed E-state index contributed by atoms with van der Waals surface area (Å²) in [5.74, 6) is 0.517. The zero-order valence-electron chi connectivity index (χ0n) is 14.1. The van der Waals surface area contributed by atoms with Gasteiger partial charge in [0.05, 0.1) is 6.61 Å². The molecule has 25 heavy (non-hydrogen) atoms. The van der Waals surface area contributed by atoms with Gasteiger partial charge in [-0.25, -0.2) is 9.97 Å². The number of rotatable bonds is 7. The molecule has 128 valence electrons. The molecule has 0 atom stereocenters. The van der Waals surface area contributed by atoms with Gasteiger partial charge in [0, 0.05) is 37.3 Å². The number of hydrogen-bond donors (Lipinski definition) is 1. The van der Waals surface area contributed by atoms with E-state index in [1.54, 1.807) is 41.6 Å². The topological polar surface area (TPSA) is 69.0 Å². The van der Waals surface area contributed by atoms with Gasteiger partial charge in [-0.3, -0.25) is 9.36 Å². The van der Waals surface area contributed by atoms with Crippen molar-refractivity contribution in [1.29, 1.82) is 0 Å². The van der Waals surface area contributed by atoms with Crippen LogP contribution in [0.2, 0.25) is 0 Å².